The van der Waals surface area contributed by atoms with Crippen LogP contribution in [-0.2, 0) is 0 Å². The van der Waals surface area contributed by atoms with E-state index in [1.54, 1.807) is 19.1 Å². The van der Waals surface area contributed by atoms with Crippen molar-refractivity contribution in [3.8, 4) is 5.75 Å². The molecule has 0 unspecified atom stereocenters. The maximum absolute atomic E-state index is 5.29. The van der Waals surface area contributed by atoms with E-state index in [2.05, 4.69) is 41.2 Å². The van der Waals surface area contributed by atoms with Gasteiger partial charge in [0, 0.05) is 18.0 Å². The molecule has 0 aliphatic rings. The van der Waals surface area contributed by atoms with Gasteiger partial charge in [0.25, 0.3) is 0 Å². The number of aryl methyl sites for hydroxylation is 1. The van der Waals surface area contributed by atoms with E-state index in [0.717, 1.165) is 24.5 Å². The Morgan fingerprint density at radius 3 is 2.50 bits per heavy atom. The predicted octanol–water partition coefficient (Wildman–Crippen LogP) is 3.71. The van der Waals surface area contributed by atoms with Crippen molar-refractivity contribution >= 4 is 17.6 Å². The highest BCUT2D eigenvalue weighted by Gasteiger charge is 1.99. The average Bonchev–Trinajstić information content (AvgIpc) is 2.49. The maximum atomic E-state index is 5.29. The molecule has 2 rings (SSSR count). The fraction of sp³-hybridized carbons (Fsp3) is 0.250. The minimum absolute atomic E-state index is 0.846. The third kappa shape index (κ3) is 4.47. The van der Waals surface area contributed by atoms with Crippen molar-refractivity contribution in [1.82, 2.24) is 4.72 Å². The lowest BCUT2D eigenvalue weighted by Crippen LogP contribution is -2.16. The monoisotopic (exact) mass is 288 g/mol. The fourth-order valence-electron chi connectivity index (χ4n) is 1.78. The Bertz CT molecular complexity index is 528. The Kier molecular flexibility index (Phi) is 5.77. The van der Waals surface area contributed by atoms with Crippen LogP contribution < -0.4 is 14.8 Å². The molecule has 2 aromatic carbocycles. The van der Waals surface area contributed by atoms with Crippen LogP contribution in [0.15, 0.2) is 53.4 Å². The molecule has 4 heteroatoms. The van der Waals surface area contributed by atoms with Crippen LogP contribution in [0, 0.1) is 6.92 Å². The molecule has 0 spiro atoms. The van der Waals surface area contributed by atoms with Gasteiger partial charge < -0.3 is 10.1 Å². The van der Waals surface area contributed by atoms with Crippen molar-refractivity contribution in [3.63, 3.8) is 0 Å². The minimum atomic E-state index is 0.846. The summed E-state index contributed by atoms with van der Waals surface area (Å²) in [4.78, 5) is 1.23. The number of benzene rings is 2. The number of ether oxygens (including phenoxy) is 1. The number of anilines is 1. The van der Waals surface area contributed by atoms with Crippen LogP contribution in [0.2, 0.25) is 0 Å². The van der Waals surface area contributed by atoms with E-state index in [1.807, 2.05) is 24.3 Å². The van der Waals surface area contributed by atoms with Gasteiger partial charge in [-0.2, -0.15) is 0 Å². The average molecular weight is 288 g/mol. The van der Waals surface area contributed by atoms with Crippen LogP contribution in [0.5, 0.6) is 5.75 Å². The van der Waals surface area contributed by atoms with Crippen molar-refractivity contribution < 1.29 is 4.74 Å². The van der Waals surface area contributed by atoms with E-state index in [9.17, 15) is 0 Å². The molecule has 0 atom stereocenters. The quantitative estimate of drug-likeness (QED) is 0.601. The topological polar surface area (TPSA) is 33.3 Å². The first-order valence-electron chi connectivity index (χ1n) is 6.63. The van der Waals surface area contributed by atoms with Gasteiger partial charge in [-0.25, -0.2) is 0 Å². The van der Waals surface area contributed by atoms with Gasteiger partial charge in [0.1, 0.15) is 5.75 Å². The molecule has 0 saturated heterocycles. The van der Waals surface area contributed by atoms with E-state index in [4.69, 9.17) is 4.74 Å². The Hall–Kier alpha value is -1.65. The van der Waals surface area contributed by atoms with Crippen molar-refractivity contribution in [1.29, 1.82) is 0 Å². The number of para-hydroxylation sites is 2. The molecule has 0 radical (unpaired) electrons. The molecule has 0 bridgehead atoms. The van der Waals surface area contributed by atoms with E-state index in [0.29, 0.717) is 0 Å². The summed E-state index contributed by atoms with van der Waals surface area (Å²) in [6, 6.07) is 16.4. The summed E-state index contributed by atoms with van der Waals surface area (Å²) in [7, 11) is 1.69. The van der Waals surface area contributed by atoms with Crippen LogP contribution in [-0.4, -0.2) is 20.2 Å². The highest BCUT2D eigenvalue weighted by Crippen LogP contribution is 2.22. The lowest BCUT2D eigenvalue weighted by molar-refractivity contribution is 0.416. The summed E-state index contributed by atoms with van der Waals surface area (Å²) >= 11 is 1.65. The van der Waals surface area contributed by atoms with E-state index < -0.39 is 0 Å². The van der Waals surface area contributed by atoms with Crippen LogP contribution in [0.25, 0.3) is 0 Å². The van der Waals surface area contributed by atoms with E-state index >= 15 is 0 Å². The number of hydrogen-bond donors (Lipinski definition) is 2. The van der Waals surface area contributed by atoms with Gasteiger partial charge in [-0.15, -0.1) is 0 Å². The molecule has 0 fully saturated rings. The van der Waals surface area contributed by atoms with Crippen LogP contribution in [0.4, 0.5) is 5.69 Å². The molecule has 0 saturated carbocycles. The van der Waals surface area contributed by atoms with E-state index in [1.165, 1.54) is 10.5 Å². The van der Waals surface area contributed by atoms with Gasteiger partial charge in [0.15, 0.2) is 0 Å². The largest absolute Gasteiger partial charge is 0.495 e. The zero-order valence-electron chi connectivity index (χ0n) is 11.8. The summed E-state index contributed by atoms with van der Waals surface area (Å²) in [5.74, 6) is 0.874. The number of rotatable bonds is 7. The number of methoxy groups -OCH3 is 1. The molecule has 0 aromatic heterocycles. The Labute approximate surface area is 124 Å². The first-order chi connectivity index (χ1) is 9.79. The van der Waals surface area contributed by atoms with Crippen molar-refractivity contribution in [2.75, 3.05) is 25.5 Å². The second kappa shape index (κ2) is 7.82. The normalized spacial score (nSPS) is 10.3. The van der Waals surface area contributed by atoms with Gasteiger partial charge in [0.2, 0.25) is 0 Å². The van der Waals surface area contributed by atoms with Gasteiger partial charge in [-0.05, 0) is 43.1 Å². The molecule has 20 heavy (non-hydrogen) atoms. The predicted molar refractivity (Wildman–Crippen MR) is 86.5 cm³/mol. The Balaban J connectivity index is 1.70. The molecule has 2 aromatic rings. The van der Waals surface area contributed by atoms with Gasteiger partial charge >= 0.3 is 0 Å². The smallest absolute Gasteiger partial charge is 0.141 e. The number of nitrogens with one attached hydrogen (secondary N) is 2. The van der Waals surface area contributed by atoms with Crippen molar-refractivity contribution in [3.05, 3.63) is 54.1 Å². The summed E-state index contributed by atoms with van der Waals surface area (Å²) in [5, 5.41) is 3.36. The zero-order valence-corrected chi connectivity index (χ0v) is 12.7. The molecule has 0 heterocycles. The molecular formula is C16H20N2OS. The lowest BCUT2D eigenvalue weighted by Gasteiger charge is -2.11. The lowest BCUT2D eigenvalue weighted by atomic mass is 10.2. The Morgan fingerprint density at radius 2 is 1.75 bits per heavy atom. The number of hydrogen-bond acceptors (Lipinski definition) is 4. The third-order valence-corrected chi connectivity index (χ3v) is 3.72. The molecule has 0 aliphatic heterocycles. The molecule has 3 nitrogen and oxygen atoms in total. The van der Waals surface area contributed by atoms with Crippen LogP contribution in [0.1, 0.15) is 5.56 Å². The molecular weight excluding hydrogens is 268 g/mol. The summed E-state index contributed by atoms with van der Waals surface area (Å²) in [5.41, 5.74) is 2.31. The SMILES string of the molecule is COc1ccccc1NCCNSc1ccc(C)cc1. The molecule has 106 valence electrons. The second-order valence-electron chi connectivity index (χ2n) is 4.44. The van der Waals surface area contributed by atoms with E-state index in [-0.39, 0.29) is 0 Å². The summed E-state index contributed by atoms with van der Waals surface area (Å²) < 4.78 is 8.64. The standard InChI is InChI=1S/C16H20N2OS/c1-13-7-9-14(10-8-13)20-18-12-11-17-15-5-3-4-6-16(15)19-2/h3-10,17-18H,11-12H2,1-2H3. The highest BCUT2D eigenvalue weighted by molar-refractivity contribution is 7.97. The third-order valence-electron chi connectivity index (χ3n) is 2.86. The molecule has 2 N–H and O–H groups in total. The van der Waals surface area contributed by atoms with Crippen LogP contribution >= 0.6 is 11.9 Å². The maximum Gasteiger partial charge on any atom is 0.141 e. The summed E-state index contributed by atoms with van der Waals surface area (Å²) in [6.07, 6.45) is 0. The van der Waals surface area contributed by atoms with Gasteiger partial charge in [0.05, 0.1) is 12.8 Å². The van der Waals surface area contributed by atoms with Gasteiger partial charge in [-0.3, -0.25) is 4.72 Å². The first kappa shape index (κ1) is 14.8. The van der Waals surface area contributed by atoms with Gasteiger partial charge in [-0.1, -0.05) is 29.8 Å². The van der Waals surface area contributed by atoms with Crippen molar-refractivity contribution in [2.24, 2.45) is 0 Å². The zero-order chi connectivity index (χ0) is 14.2. The highest BCUT2D eigenvalue weighted by atomic mass is 32.2. The van der Waals surface area contributed by atoms with Crippen LogP contribution in [0.3, 0.4) is 0 Å². The minimum Gasteiger partial charge on any atom is -0.495 e. The summed E-state index contributed by atoms with van der Waals surface area (Å²) in [6.45, 7) is 3.81. The Morgan fingerprint density at radius 1 is 1.00 bits per heavy atom. The van der Waals surface area contributed by atoms with Crippen molar-refractivity contribution in [2.45, 2.75) is 11.8 Å². The second-order valence-corrected chi connectivity index (χ2v) is 5.40. The fourth-order valence-corrected chi connectivity index (χ4v) is 2.42. The molecule has 0 aliphatic carbocycles. The first-order valence-corrected chi connectivity index (χ1v) is 7.44. The molecule has 0 amide bonds.